The molecule has 0 saturated carbocycles. The molecule has 0 radical (unpaired) electrons. The van der Waals surface area contributed by atoms with Gasteiger partial charge in [0.25, 0.3) is 5.91 Å². The highest BCUT2D eigenvalue weighted by molar-refractivity contribution is 6.04. The Balaban J connectivity index is 1.56. The van der Waals surface area contributed by atoms with Gasteiger partial charge in [-0.3, -0.25) is 9.20 Å². The van der Waals surface area contributed by atoms with E-state index in [1.165, 1.54) is 28.9 Å². The lowest BCUT2D eigenvalue weighted by molar-refractivity contribution is 0.100. The fraction of sp³-hybridized carbons (Fsp3) is 0.208. The highest BCUT2D eigenvalue weighted by atomic mass is 19.2. The maximum Gasteiger partial charge on any atom is 0.256 e. The number of rotatable bonds is 7. The van der Waals surface area contributed by atoms with Gasteiger partial charge in [0.05, 0.1) is 18.5 Å². The number of anilines is 5. The number of halogens is 2. The molecular formula is C24H24F2N8O2. The van der Waals surface area contributed by atoms with Gasteiger partial charge < -0.3 is 31.3 Å². The van der Waals surface area contributed by atoms with Crippen molar-refractivity contribution in [2.45, 2.75) is 0 Å². The summed E-state index contributed by atoms with van der Waals surface area (Å²) in [7, 11) is 1.54. The average Bonchev–Trinajstić information content (AvgIpc) is 3.37. The largest absolute Gasteiger partial charge is 0.494 e. The minimum atomic E-state index is -1.06. The van der Waals surface area contributed by atoms with Crippen LogP contribution in [0.25, 0.3) is 5.65 Å². The molecule has 10 nitrogen and oxygen atoms in total. The number of hydrogen-bond acceptors (Lipinski definition) is 8. The third-order valence-corrected chi connectivity index (χ3v) is 5.91. The molecule has 5 N–H and O–H groups in total. The third-order valence-electron chi connectivity index (χ3n) is 5.91. The fourth-order valence-electron chi connectivity index (χ4n) is 4.14. The Labute approximate surface area is 205 Å². The minimum Gasteiger partial charge on any atom is -0.494 e. The predicted molar refractivity (Wildman–Crippen MR) is 133 cm³/mol. The van der Waals surface area contributed by atoms with Crippen LogP contribution in [0.3, 0.4) is 0 Å². The van der Waals surface area contributed by atoms with E-state index in [1.54, 1.807) is 7.11 Å². The Kier molecular flexibility index (Phi) is 6.25. The second kappa shape index (κ2) is 9.66. The van der Waals surface area contributed by atoms with Gasteiger partial charge in [0.1, 0.15) is 11.3 Å². The monoisotopic (exact) mass is 494 g/mol. The molecule has 1 aliphatic rings. The highest BCUT2D eigenvalue weighted by Gasteiger charge is 2.22. The van der Waals surface area contributed by atoms with E-state index in [0.717, 1.165) is 37.9 Å². The van der Waals surface area contributed by atoms with Gasteiger partial charge in [-0.2, -0.15) is 4.98 Å². The van der Waals surface area contributed by atoms with E-state index in [4.69, 9.17) is 10.5 Å². The number of benzene rings is 2. The maximum atomic E-state index is 14.4. The first-order valence-corrected chi connectivity index (χ1v) is 11.2. The summed E-state index contributed by atoms with van der Waals surface area (Å²) in [6.45, 7) is 3.51. The average molecular weight is 495 g/mol. The van der Waals surface area contributed by atoms with Crippen LogP contribution in [0.15, 0.2) is 48.8 Å². The van der Waals surface area contributed by atoms with E-state index in [1.807, 2.05) is 18.2 Å². The number of imidazole rings is 1. The van der Waals surface area contributed by atoms with Crippen molar-refractivity contribution in [3.63, 3.8) is 0 Å². The van der Waals surface area contributed by atoms with Gasteiger partial charge in [-0.1, -0.05) is 6.07 Å². The lowest BCUT2D eigenvalue weighted by atomic mass is 10.2. The molecular weight excluding hydrogens is 470 g/mol. The normalized spacial score (nSPS) is 13.6. The molecule has 2 aromatic carbocycles. The van der Waals surface area contributed by atoms with Gasteiger partial charge in [0.15, 0.2) is 23.1 Å². The SMILES string of the molecule is COc1cc(N2CCNCC2)ccc1Nc1nc(Nc2cccc(F)c2F)n2ccnc2c1C(N)=O. The summed E-state index contributed by atoms with van der Waals surface area (Å²) in [5.41, 5.74) is 7.30. The molecule has 1 fully saturated rings. The smallest absolute Gasteiger partial charge is 0.256 e. The maximum absolute atomic E-state index is 14.4. The Morgan fingerprint density at radius 2 is 1.94 bits per heavy atom. The molecule has 1 aliphatic heterocycles. The number of nitrogens with two attached hydrogens (primary N) is 1. The highest BCUT2D eigenvalue weighted by Crippen LogP contribution is 2.34. The van der Waals surface area contributed by atoms with Gasteiger partial charge in [0, 0.05) is 50.3 Å². The van der Waals surface area contributed by atoms with Gasteiger partial charge in [-0.25, -0.2) is 13.8 Å². The van der Waals surface area contributed by atoms with Crippen molar-refractivity contribution in [3.8, 4) is 5.75 Å². The van der Waals surface area contributed by atoms with Crippen LogP contribution < -0.4 is 31.3 Å². The number of aromatic nitrogens is 3. The number of nitrogens with zero attached hydrogens (tertiary/aromatic N) is 4. The first-order valence-electron chi connectivity index (χ1n) is 11.2. The van der Waals surface area contributed by atoms with Gasteiger partial charge in [-0.15, -0.1) is 0 Å². The van der Waals surface area contributed by atoms with Crippen LogP contribution in [0, 0.1) is 11.6 Å². The van der Waals surface area contributed by atoms with Crippen molar-refractivity contribution in [2.75, 3.05) is 48.8 Å². The van der Waals surface area contributed by atoms with Gasteiger partial charge in [0.2, 0.25) is 5.95 Å². The van der Waals surface area contributed by atoms with Crippen LogP contribution in [0.4, 0.5) is 37.6 Å². The van der Waals surface area contributed by atoms with Crippen molar-refractivity contribution >= 4 is 40.4 Å². The zero-order valence-corrected chi connectivity index (χ0v) is 19.4. The molecule has 186 valence electrons. The Morgan fingerprint density at radius 3 is 2.69 bits per heavy atom. The van der Waals surface area contributed by atoms with E-state index < -0.39 is 17.5 Å². The number of carbonyl (C=O) groups is 1. The first kappa shape index (κ1) is 23.3. The summed E-state index contributed by atoms with van der Waals surface area (Å²) in [4.78, 5) is 23.4. The Hall–Kier alpha value is -4.45. The Morgan fingerprint density at radius 1 is 1.14 bits per heavy atom. The minimum absolute atomic E-state index is 0.0264. The second-order valence-electron chi connectivity index (χ2n) is 8.12. The van der Waals surface area contributed by atoms with Gasteiger partial charge in [-0.05, 0) is 24.3 Å². The molecule has 36 heavy (non-hydrogen) atoms. The molecule has 1 amide bonds. The molecule has 0 aliphatic carbocycles. The summed E-state index contributed by atoms with van der Waals surface area (Å²) < 4.78 is 35.2. The van der Waals surface area contributed by atoms with E-state index in [2.05, 4.69) is 30.8 Å². The standard InChI is InChI=1S/C24H24F2N8O2/c1-36-18-13-14(33-10-7-28-8-11-33)5-6-16(18)30-22-19(21(27)35)23-29-9-12-34(23)24(32-22)31-17-4-2-3-15(25)20(17)26/h2-6,9,12-13,28,30H,7-8,10-11H2,1H3,(H2,27,35)(H,31,32). The number of nitrogens with one attached hydrogen (secondary N) is 3. The number of amides is 1. The summed E-state index contributed by atoms with van der Waals surface area (Å²) in [5.74, 6) is -2.14. The lowest BCUT2D eigenvalue weighted by Gasteiger charge is -2.30. The van der Waals surface area contributed by atoms with Crippen molar-refractivity contribution in [2.24, 2.45) is 5.73 Å². The molecule has 12 heteroatoms. The molecule has 1 saturated heterocycles. The fourth-order valence-corrected chi connectivity index (χ4v) is 4.14. The van der Waals surface area contributed by atoms with Crippen molar-refractivity contribution < 1.29 is 18.3 Å². The summed E-state index contributed by atoms with van der Waals surface area (Å²) >= 11 is 0. The number of carbonyl (C=O) groups excluding carboxylic acids is 1. The molecule has 5 rings (SSSR count). The number of piperazine rings is 1. The zero-order chi connectivity index (χ0) is 25.2. The molecule has 0 atom stereocenters. The van der Waals surface area contributed by atoms with E-state index in [-0.39, 0.29) is 28.7 Å². The second-order valence-corrected chi connectivity index (χ2v) is 8.12. The molecule has 0 spiro atoms. The summed E-state index contributed by atoms with van der Waals surface area (Å²) in [6, 6.07) is 9.41. The molecule has 3 heterocycles. The van der Waals surface area contributed by atoms with Crippen molar-refractivity contribution in [1.82, 2.24) is 19.7 Å². The quantitative estimate of drug-likeness (QED) is 0.309. The molecule has 0 unspecified atom stereocenters. The lowest BCUT2D eigenvalue weighted by Crippen LogP contribution is -2.43. The number of fused-ring (bicyclic) bond motifs is 1. The Bertz CT molecular complexity index is 1440. The number of ether oxygens (including phenoxy) is 1. The molecule has 0 bridgehead atoms. The van der Waals surface area contributed by atoms with Crippen LogP contribution in [-0.4, -0.2) is 53.6 Å². The van der Waals surface area contributed by atoms with Crippen LogP contribution in [0.5, 0.6) is 5.75 Å². The summed E-state index contributed by atoms with van der Waals surface area (Å²) in [6.07, 6.45) is 2.98. The van der Waals surface area contributed by atoms with Crippen molar-refractivity contribution in [1.29, 1.82) is 0 Å². The number of methoxy groups -OCH3 is 1. The number of hydrogen-bond donors (Lipinski definition) is 4. The van der Waals surface area contributed by atoms with Gasteiger partial charge >= 0.3 is 0 Å². The first-order chi connectivity index (χ1) is 17.5. The zero-order valence-electron chi connectivity index (χ0n) is 19.4. The van der Waals surface area contributed by atoms with Crippen molar-refractivity contribution in [3.05, 3.63) is 66.0 Å². The molecule has 4 aromatic rings. The molecule has 2 aromatic heterocycles. The van der Waals surface area contributed by atoms with Crippen LogP contribution in [0.2, 0.25) is 0 Å². The predicted octanol–water partition coefficient (Wildman–Crippen LogP) is 3.01. The third kappa shape index (κ3) is 4.33. The van der Waals surface area contributed by atoms with E-state index in [9.17, 15) is 13.6 Å². The topological polar surface area (TPSA) is 122 Å². The summed E-state index contributed by atoms with van der Waals surface area (Å²) in [5, 5.41) is 9.20. The van der Waals surface area contributed by atoms with Crippen LogP contribution >= 0.6 is 0 Å². The van der Waals surface area contributed by atoms with Crippen LogP contribution in [-0.2, 0) is 0 Å². The van der Waals surface area contributed by atoms with E-state index >= 15 is 0 Å². The van der Waals surface area contributed by atoms with Crippen LogP contribution in [0.1, 0.15) is 10.4 Å². The van der Waals surface area contributed by atoms with E-state index in [0.29, 0.717) is 11.4 Å². The number of primary amides is 1.